The number of carbonyl (C=O) groups excluding carboxylic acids is 1. The number of nitrogens with two attached hydrogens (primary N) is 1. The Morgan fingerprint density at radius 1 is 1.18 bits per heavy atom. The molecule has 0 saturated heterocycles. The normalized spacial score (nSPS) is 8.91. The molecular weight excluding hydrogens is 312 g/mol. The van der Waals surface area contributed by atoms with E-state index in [9.17, 15) is 4.79 Å². The van der Waals surface area contributed by atoms with Gasteiger partial charge in [0.25, 0.3) is 0 Å². The molecule has 0 spiro atoms. The molecule has 0 aliphatic rings. The van der Waals surface area contributed by atoms with Gasteiger partial charge >= 0.3 is 0 Å². The van der Waals surface area contributed by atoms with Crippen molar-refractivity contribution in [2.75, 3.05) is 5.73 Å². The number of aromatic nitrogens is 1. The van der Waals surface area contributed by atoms with Gasteiger partial charge < -0.3 is 5.73 Å². The molecule has 0 bridgehead atoms. The van der Waals surface area contributed by atoms with E-state index in [-0.39, 0.29) is 13.2 Å². The Balaban J connectivity index is 0.000000347. The van der Waals surface area contributed by atoms with E-state index in [0.29, 0.717) is 10.0 Å². The fourth-order valence-electron chi connectivity index (χ4n) is 1.65. The van der Waals surface area contributed by atoms with Crippen LogP contribution in [0.1, 0.15) is 43.6 Å². The molecule has 0 saturated carbocycles. The number of fused-ring (bicyclic) bond motifs is 1. The topological polar surface area (TPSA) is 56.0 Å². The van der Waals surface area contributed by atoms with Crippen LogP contribution in [0.4, 0.5) is 5.13 Å². The number of anilines is 1. The second-order valence-electron chi connectivity index (χ2n) is 3.98. The number of thiazole rings is 1. The van der Waals surface area contributed by atoms with Gasteiger partial charge in [-0.05, 0) is 29.8 Å². The number of nitrogen functional groups attached to an aromatic ring is 1. The smallest absolute Gasteiger partial charge is 0.180 e. The standard InChI is InChI=1S/C8H6S.C6H8N2OS.C2H6.CH4/c1-2-4-8-7(3-1)5-6-9-8;1-3-5(4(2)9)10-6(7)8-3;1-2;/h1-6H;1-2H3,(H2,7,8);1-2H3;1H4. The van der Waals surface area contributed by atoms with E-state index in [2.05, 4.69) is 40.7 Å². The third-order valence-electron chi connectivity index (χ3n) is 2.49. The van der Waals surface area contributed by atoms with E-state index >= 15 is 0 Å². The van der Waals surface area contributed by atoms with Crippen LogP contribution in [0.3, 0.4) is 0 Å². The van der Waals surface area contributed by atoms with E-state index < -0.39 is 0 Å². The van der Waals surface area contributed by atoms with Crippen molar-refractivity contribution in [2.24, 2.45) is 0 Å². The number of aryl methyl sites for hydroxylation is 1. The van der Waals surface area contributed by atoms with Crippen LogP contribution >= 0.6 is 22.7 Å². The van der Waals surface area contributed by atoms with E-state index in [4.69, 9.17) is 5.73 Å². The molecule has 2 aromatic heterocycles. The van der Waals surface area contributed by atoms with Crippen LogP contribution in [0.5, 0.6) is 0 Å². The molecule has 0 unspecified atom stereocenters. The number of ketones is 1. The summed E-state index contributed by atoms with van der Waals surface area (Å²) in [6, 6.07) is 10.5. The largest absolute Gasteiger partial charge is 0.375 e. The van der Waals surface area contributed by atoms with E-state index in [1.54, 1.807) is 18.3 Å². The molecule has 3 rings (SSSR count). The van der Waals surface area contributed by atoms with E-state index in [0.717, 1.165) is 5.69 Å². The average Bonchev–Trinajstić information content (AvgIpc) is 3.07. The van der Waals surface area contributed by atoms with Gasteiger partial charge in [-0.3, -0.25) is 4.79 Å². The van der Waals surface area contributed by atoms with Crippen LogP contribution in [0.25, 0.3) is 10.1 Å². The summed E-state index contributed by atoms with van der Waals surface area (Å²) in [5.74, 6) is 0.0340. The Kier molecular flexibility index (Phi) is 9.29. The summed E-state index contributed by atoms with van der Waals surface area (Å²) in [5.41, 5.74) is 6.10. The Morgan fingerprint density at radius 3 is 2.27 bits per heavy atom. The average molecular weight is 337 g/mol. The highest BCUT2D eigenvalue weighted by Gasteiger charge is 2.08. The van der Waals surface area contributed by atoms with Gasteiger partial charge in [0.15, 0.2) is 10.9 Å². The number of Topliss-reactive ketones (excluding diaryl/α,β-unsaturated/α-hetero) is 1. The summed E-state index contributed by atoms with van der Waals surface area (Å²) >= 11 is 3.03. The van der Waals surface area contributed by atoms with Gasteiger partial charge in [-0.25, -0.2) is 4.98 Å². The molecule has 0 radical (unpaired) electrons. The number of thiophene rings is 1. The molecule has 5 heteroatoms. The number of hydrogen-bond donors (Lipinski definition) is 1. The summed E-state index contributed by atoms with van der Waals surface area (Å²) in [5, 5.41) is 3.93. The second kappa shape index (κ2) is 10.1. The fourth-order valence-corrected chi connectivity index (χ4v) is 3.17. The van der Waals surface area contributed by atoms with Crippen molar-refractivity contribution in [3.8, 4) is 0 Å². The van der Waals surface area contributed by atoms with Crippen molar-refractivity contribution >= 4 is 43.7 Å². The van der Waals surface area contributed by atoms with Gasteiger partial charge in [-0.1, -0.05) is 50.8 Å². The molecule has 2 heterocycles. The highest BCUT2D eigenvalue weighted by Crippen LogP contribution is 2.19. The summed E-state index contributed by atoms with van der Waals surface area (Å²) in [6.45, 7) is 7.30. The predicted octanol–water partition coefficient (Wildman–Crippen LogP) is 5.80. The summed E-state index contributed by atoms with van der Waals surface area (Å²) < 4.78 is 1.37. The number of benzene rings is 1. The van der Waals surface area contributed by atoms with Crippen molar-refractivity contribution in [3.05, 3.63) is 46.3 Å². The molecule has 2 N–H and O–H groups in total. The van der Waals surface area contributed by atoms with Gasteiger partial charge in [-0.2, -0.15) is 0 Å². The molecule has 1 aromatic carbocycles. The Morgan fingerprint density at radius 2 is 1.82 bits per heavy atom. The molecular formula is C17H24N2OS2. The monoisotopic (exact) mass is 336 g/mol. The molecule has 0 amide bonds. The minimum Gasteiger partial charge on any atom is -0.375 e. The molecule has 22 heavy (non-hydrogen) atoms. The fraction of sp³-hybridized carbons (Fsp3) is 0.294. The van der Waals surface area contributed by atoms with Crippen LogP contribution in [-0.4, -0.2) is 10.8 Å². The van der Waals surface area contributed by atoms with Crippen molar-refractivity contribution in [3.63, 3.8) is 0 Å². The van der Waals surface area contributed by atoms with Gasteiger partial charge in [0.05, 0.1) is 10.6 Å². The van der Waals surface area contributed by atoms with Crippen LogP contribution < -0.4 is 5.73 Å². The molecule has 3 aromatic rings. The lowest BCUT2D eigenvalue weighted by Gasteiger charge is -1.85. The zero-order valence-electron chi connectivity index (χ0n) is 12.7. The number of carbonyl (C=O) groups is 1. The minimum atomic E-state index is 0. The summed E-state index contributed by atoms with van der Waals surface area (Å²) in [4.78, 5) is 15.4. The highest BCUT2D eigenvalue weighted by atomic mass is 32.1. The van der Waals surface area contributed by atoms with Crippen molar-refractivity contribution in [1.82, 2.24) is 4.98 Å². The van der Waals surface area contributed by atoms with Crippen LogP contribution in [0.2, 0.25) is 0 Å². The number of nitrogens with zero attached hydrogens (tertiary/aromatic N) is 1. The molecule has 0 aliphatic heterocycles. The minimum absolute atomic E-state index is 0. The lowest BCUT2D eigenvalue weighted by atomic mass is 10.3. The number of rotatable bonds is 1. The SMILES string of the molecule is C.CC.CC(=O)c1sc(N)nc1C.c1ccc2sccc2c1. The highest BCUT2D eigenvalue weighted by molar-refractivity contribution is 7.17. The maximum Gasteiger partial charge on any atom is 0.180 e. The first-order chi connectivity index (χ1) is 10.1. The predicted molar refractivity (Wildman–Crippen MR) is 101 cm³/mol. The van der Waals surface area contributed by atoms with Crippen LogP contribution in [0.15, 0.2) is 35.7 Å². The maximum absolute atomic E-state index is 10.8. The first-order valence-corrected chi connectivity index (χ1v) is 8.43. The van der Waals surface area contributed by atoms with Crippen LogP contribution in [-0.2, 0) is 0 Å². The van der Waals surface area contributed by atoms with E-state index in [1.807, 2.05) is 13.8 Å². The zero-order valence-corrected chi connectivity index (χ0v) is 14.3. The molecule has 0 atom stereocenters. The van der Waals surface area contributed by atoms with Gasteiger partial charge in [0.1, 0.15) is 0 Å². The first kappa shape index (κ1) is 20.3. The quantitative estimate of drug-likeness (QED) is 0.571. The van der Waals surface area contributed by atoms with E-state index in [1.165, 1.54) is 28.3 Å². The Bertz CT molecular complexity index is 671. The molecule has 0 fully saturated rings. The Labute approximate surface area is 140 Å². The third kappa shape index (κ3) is 5.58. The Hall–Kier alpha value is -1.72. The third-order valence-corrected chi connectivity index (χ3v) is 4.48. The second-order valence-corrected chi connectivity index (χ2v) is 5.96. The first-order valence-electron chi connectivity index (χ1n) is 6.74. The van der Waals surface area contributed by atoms with Gasteiger partial charge in [-0.15, -0.1) is 11.3 Å². The zero-order chi connectivity index (χ0) is 15.8. The molecule has 3 nitrogen and oxygen atoms in total. The van der Waals surface area contributed by atoms with Crippen molar-refractivity contribution in [2.45, 2.75) is 35.1 Å². The summed E-state index contributed by atoms with van der Waals surface area (Å²) in [7, 11) is 0. The molecule has 0 aliphatic carbocycles. The van der Waals surface area contributed by atoms with Gasteiger partial charge in [0.2, 0.25) is 0 Å². The van der Waals surface area contributed by atoms with Crippen molar-refractivity contribution < 1.29 is 4.79 Å². The van der Waals surface area contributed by atoms with Crippen LogP contribution in [0, 0.1) is 6.92 Å². The lowest BCUT2D eigenvalue weighted by molar-refractivity contribution is 0.102. The lowest BCUT2D eigenvalue weighted by Crippen LogP contribution is -1.89. The maximum atomic E-state index is 10.8. The van der Waals surface area contributed by atoms with Crippen molar-refractivity contribution in [1.29, 1.82) is 0 Å². The number of hydrogen-bond acceptors (Lipinski definition) is 5. The van der Waals surface area contributed by atoms with Gasteiger partial charge in [0, 0.05) is 11.6 Å². The molecule has 120 valence electrons. The summed E-state index contributed by atoms with van der Waals surface area (Å²) in [6.07, 6.45) is 0.